The van der Waals surface area contributed by atoms with Crippen LogP contribution in [0.5, 0.6) is 0 Å². The van der Waals surface area contributed by atoms with Crippen molar-refractivity contribution in [2.24, 2.45) is 0 Å². The monoisotopic (exact) mass is 1600 g/mol. The van der Waals surface area contributed by atoms with E-state index in [9.17, 15) is 0 Å². The van der Waals surface area contributed by atoms with Gasteiger partial charge in [0.2, 0.25) is 0 Å². The molecule has 0 aromatic heterocycles. The van der Waals surface area contributed by atoms with Crippen LogP contribution in [0.4, 0.5) is 34.1 Å². The molecule has 0 saturated carbocycles. The second-order valence-electron chi connectivity index (χ2n) is 41.3. The van der Waals surface area contributed by atoms with Gasteiger partial charge in [-0.15, -0.1) is 0 Å². The molecule has 16 aromatic carbocycles. The molecule has 3 aliphatic rings. The standard InChI is InChI=1S/C121H113BN2/c1-115(2,3)91-64-86(65-92(72-91)116(4,5)6)84-59-61-105-107(68-84)123(113-100(79-43-27-20-28-44-79)74-95(119(13,14)15)75-101(113)80-45-29-21-30-46-80)109-70-88(97-56-40-57-99-98-55-37-38-58-104(98)121(111(97)99,89-52-35-24-36-53-89)90-54-39-51-83(63-90)78-41-25-19-26-42-78)71-110-112(109)122(105)106-62-60-85(87-66-93(117(7,8)9)73-94(67-87)118(10,11)12)69-108(106)124(110)114-102(81-47-31-22-32-48-81)76-96(120(16,17)18)77-103(114)82-49-33-23-34-50-82/h19-77H,1-18H3. The SMILES string of the molecule is CC(C)(C)c1cc(-c2ccc3c(c2)N(c2c(-c4ccccc4)cc(C(C)(C)C)cc2-c2ccccc2)c2cc(-c4cccc5c4C(c4ccccc4)(c4cccc(-c6ccccc6)c4)c4ccccc4-5)cc4c2B3c2ccc(-c3cc(C(C)(C)C)cc(C(C)(C)C)c3)cc2N4c2c(-c3ccccc3)cc(C(C)(C)C)cc2-c2ccccc2)cc(C(C)(C)C)c1. The lowest BCUT2D eigenvalue weighted by molar-refractivity contribution is 0.568. The molecule has 1 aliphatic carbocycles. The largest absolute Gasteiger partial charge is 0.310 e. The van der Waals surface area contributed by atoms with Crippen LogP contribution in [0, 0.1) is 0 Å². The molecule has 0 N–H and O–H groups in total. The lowest BCUT2D eigenvalue weighted by atomic mass is 9.33. The van der Waals surface area contributed by atoms with E-state index in [1.165, 1.54) is 117 Å². The van der Waals surface area contributed by atoms with E-state index in [1.54, 1.807) is 0 Å². The minimum atomic E-state index is -0.832. The fraction of sp³-hybridized carbons (Fsp3) is 0.207. The van der Waals surface area contributed by atoms with Crippen molar-refractivity contribution in [3.05, 3.63) is 414 Å². The maximum atomic E-state index is 2.79. The highest BCUT2D eigenvalue weighted by Gasteiger charge is 2.51. The minimum Gasteiger partial charge on any atom is -0.310 e. The molecular formula is C121H113BN2. The molecule has 0 bridgehead atoms. The Hall–Kier alpha value is -12.8. The first-order valence-electron chi connectivity index (χ1n) is 44.7. The number of nitrogens with zero attached hydrogens (tertiary/aromatic N) is 2. The Morgan fingerprint density at radius 1 is 0.202 bits per heavy atom. The first-order valence-corrected chi connectivity index (χ1v) is 44.7. The number of rotatable bonds is 12. The lowest BCUT2D eigenvalue weighted by Crippen LogP contribution is -2.61. The molecule has 1 atom stereocenters. The van der Waals surface area contributed by atoms with Crippen molar-refractivity contribution >= 4 is 57.2 Å². The Kier molecular flexibility index (Phi) is 19.8. The van der Waals surface area contributed by atoms with Crippen LogP contribution in [0.1, 0.15) is 180 Å². The quantitative estimate of drug-likeness (QED) is 0.113. The summed E-state index contributed by atoms with van der Waals surface area (Å²) in [6, 6.07) is 140. The van der Waals surface area contributed by atoms with E-state index in [1.807, 2.05) is 0 Å². The highest BCUT2D eigenvalue weighted by molar-refractivity contribution is 7.00. The predicted molar refractivity (Wildman–Crippen MR) is 533 cm³/mol. The van der Waals surface area contributed by atoms with Gasteiger partial charge in [0.15, 0.2) is 0 Å². The van der Waals surface area contributed by atoms with Gasteiger partial charge in [-0.3, -0.25) is 0 Å². The summed E-state index contributed by atoms with van der Waals surface area (Å²) in [5, 5.41) is 0. The van der Waals surface area contributed by atoms with Crippen LogP contribution in [-0.2, 0) is 37.9 Å². The summed E-state index contributed by atoms with van der Waals surface area (Å²) in [5.74, 6) is 0. The fourth-order valence-electron chi connectivity index (χ4n) is 19.9. The second kappa shape index (κ2) is 30.3. The summed E-state index contributed by atoms with van der Waals surface area (Å²) in [6.45, 7) is 42.4. The van der Waals surface area contributed by atoms with Gasteiger partial charge in [-0.2, -0.15) is 0 Å². The van der Waals surface area contributed by atoms with Crippen molar-refractivity contribution in [3.8, 4) is 100 Å². The molecule has 2 aliphatic heterocycles. The van der Waals surface area contributed by atoms with Gasteiger partial charge in [-0.1, -0.05) is 428 Å². The third-order valence-electron chi connectivity index (χ3n) is 26.8. The maximum absolute atomic E-state index is 2.79. The number of fused-ring (bicyclic) bond motifs is 7. The van der Waals surface area contributed by atoms with Gasteiger partial charge in [0, 0.05) is 45.0 Å². The number of hydrogen-bond donors (Lipinski definition) is 0. The van der Waals surface area contributed by atoms with Gasteiger partial charge >= 0.3 is 0 Å². The smallest absolute Gasteiger partial charge is 0.252 e. The molecule has 1 unspecified atom stereocenters. The van der Waals surface area contributed by atoms with Gasteiger partial charge < -0.3 is 9.80 Å². The van der Waals surface area contributed by atoms with Gasteiger partial charge in [0.1, 0.15) is 0 Å². The van der Waals surface area contributed by atoms with Crippen molar-refractivity contribution in [1.82, 2.24) is 0 Å². The van der Waals surface area contributed by atoms with E-state index in [0.29, 0.717) is 0 Å². The Bertz CT molecular complexity index is 6330. The van der Waals surface area contributed by atoms with Gasteiger partial charge in [0.25, 0.3) is 6.71 Å². The Labute approximate surface area is 738 Å². The topological polar surface area (TPSA) is 6.48 Å². The third kappa shape index (κ3) is 14.2. The van der Waals surface area contributed by atoms with E-state index in [-0.39, 0.29) is 39.2 Å². The van der Waals surface area contributed by atoms with Gasteiger partial charge in [-0.25, -0.2) is 0 Å². The van der Waals surface area contributed by atoms with E-state index in [0.717, 1.165) is 89.8 Å². The molecule has 0 radical (unpaired) electrons. The third-order valence-corrected chi connectivity index (χ3v) is 26.8. The Morgan fingerprint density at radius 2 is 0.500 bits per heavy atom. The van der Waals surface area contributed by atoms with Gasteiger partial charge in [-0.05, 0) is 237 Å². The minimum absolute atomic E-state index is 0.138. The lowest BCUT2D eigenvalue weighted by Gasteiger charge is -2.46. The summed E-state index contributed by atoms with van der Waals surface area (Å²) < 4.78 is 0. The summed E-state index contributed by atoms with van der Waals surface area (Å²) in [4.78, 5) is 5.59. The molecule has 0 spiro atoms. The Morgan fingerprint density at radius 3 is 0.887 bits per heavy atom. The van der Waals surface area contributed by atoms with Crippen molar-refractivity contribution in [2.75, 3.05) is 9.80 Å². The van der Waals surface area contributed by atoms with Crippen molar-refractivity contribution in [2.45, 2.75) is 163 Å². The summed E-state index contributed by atoms with van der Waals surface area (Å²) in [7, 11) is 0. The van der Waals surface area contributed by atoms with Crippen LogP contribution in [0.3, 0.4) is 0 Å². The average molecular weight is 1610 g/mol. The van der Waals surface area contributed by atoms with E-state index in [4.69, 9.17) is 0 Å². The van der Waals surface area contributed by atoms with Crippen LogP contribution in [0.25, 0.3) is 100 Å². The first-order chi connectivity index (χ1) is 59.3. The highest BCUT2D eigenvalue weighted by Crippen LogP contribution is 2.62. The van der Waals surface area contributed by atoms with Crippen LogP contribution in [-0.4, -0.2) is 6.71 Å². The molecule has 2 heterocycles. The second-order valence-corrected chi connectivity index (χ2v) is 41.3. The zero-order chi connectivity index (χ0) is 86.3. The predicted octanol–water partition coefficient (Wildman–Crippen LogP) is 31.3. The fourth-order valence-corrected chi connectivity index (χ4v) is 19.9. The Balaban J connectivity index is 1.05. The molecule has 0 fully saturated rings. The van der Waals surface area contributed by atoms with Crippen molar-refractivity contribution in [3.63, 3.8) is 0 Å². The molecule has 3 heteroatoms. The highest BCUT2D eigenvalue weighted by atomic mass is 15.2. The molecule has 19 rings (SSSR count). The van der Waals surface area contributed by atoms with E-state index >= 15 is 0 Å². The van der Waals surface area contributed by atoms with Crippen LogP contribution in [0.2, 0.25) is 0 Å². The number of anilines is 6. The van der Waals surface area contributed by atoms with Crippen LogP contribution >= 0.6 is 0 Å². The average Bonchev–Trinajstić information content (AvgIpc) is 1.11. The summed E-state index contributed by atoms with van der Waals surface area (Å²) in [5.41, 5.74) is 42.3. The molecular weight excluding hydrogens is 1490 g/mol. The zero-order valence-electron chi connectivity index (χ0n) is 75.5. The molecule has 0 saturated heterocycles. The van der Waals surface area contributed by atoms with Crippen molar-refractivity contribution in [1.29, 1.82) is 0 Å². The van der Waals surface area contributed by atoms with Crippen LogP contribution in [0.15, 0.2) is 358 Å². The van der Waals surface area contributed by atoms with E-state index < -0.39 is 5.41 Å². The number of hydrogen-bond acceptors (Lipinski definition) is 2. The zero-order valence-corrected chi connectivity index (χ0v) is 75.5. The summed E-state index contributed by atoms with van der Waals surface area (Å²) >= 11 is 0. The molecule has 2 nitrogen and oxygen atoms in total. The molecule has 0 amide bonds. The first kappa shape index (κ1) is 80.9. The molecule has 124 heavy (non-hydrogen) atoms. The van der Waals surface area contributed by atoms with Crippen molar-refractivity contribution < 1.29 is 0 Å². The van der Waals surface area contributed by atoms with Gasteiger partial charge in [0.05, 0.1) is 16.8 Å². The number of benzene rings is 16. The van der Waals surface area contributed by atoms with E-state index in [2.05, 4.69) is 492 Å². The molecule has 610 valence electrons. The normalized spacial score (nSPS) is 14.4. The molecule has 16 aromatic rings. The van der Waals surface area contributed by atoms with Crippen LogP contribution < -0.4 is 26.2 Å². The summed E-state index contributed by atoms with van der Waals surface area (Å²) in [6.07, 6.45) is 0. The maximum Gasteiger partial charge on any atom is 0.252 e.